The molecule has 158 valence electrons. The highest BCUT2D eigenvalue weighted by atomic mass is 19.1. The number of hydrogen-bond acceptors (Lipinski definition) is 5. The standard InChI is InChI=1S/C23H27FN4O2/c1-16-5-2-3-12-28(16)13-4-11-25-23(29)20-15-21-19(10-14-30-21)22(27-20)26-18-8-6-17(24)7-9-18/h6-10,14-16H,2-5,11-13H2,1H3,(H,25,29)(H,26,27)/t16-/m0/s1. The number of halogens is 1. The first-order valence-corrected chi connectivity index (χ1v) is 10.5. The Morgan fingerprint density at radius 3 is 2.90 bits per heavy atom. The summed E-state index contributed by atoms with van der Waals surface area (Å²) in [5, 5.41) is 6.87. The molecule has 0 aliphatic carbocycles. The number of piperidine rings is 1. The molecule has 4 rings (SSSR count). The lowest BCUT2D eigenvalue weighted by Gasteiger charge is -2.33. The number of aromatic nitrogens is 1. The average Bonchev–Trinajstić information content (AvgIpc) is 3.23. The van der Waals surface area contributed by atoms with Crippen LogP contribution in [-0.2, 0) is 0 Å². The monoisotopic (exact) mass is 410 g/mol. The summed E-state index contributed by atoms with van der Waals surface area (Å²) >= 11 is 0. The van der Waals surface area contributed by atoms with E-state index in [1.165, 1.54) is 31.4 Å². The summed E-state index contributed by atoms with van der Waals surface area (Å²) in [6, 6.07) is 10.0. The van der Waals surface area contributed by atoms with Gasteiger partial charge in [-0.15, -0.1) is 0 Å². The second kappa shape index (κ2) is 9.26. The van der Waals surface area contributed by atoms with E-state index in [1.807, 2.05) is 0 Å². The topological polar surface area (TPSA) is 70.4 Å². The summed E-state index contributed by atoms with van der Waals surface area (Å²) in [6.07, 6.45) is 6.28. The van der Waals surface area contributed by atoms with Gasteiger partial charge in [-0.1, -0.05) is 6.42 Å². The lowest BCUT2D eigenvalue weighted by atomic mass is 10.0. The molecule has 1 amide bonds. The predicted molar refractivity (Wildman–Crippen MR) is 116 cm³/mol. The minimum absolute atomic E-state index is 0.234. The Bertz CT molecular complexity index is 1000. The molecule has 7 heteroatoms. The first-order chi connectivity index (χ1) is 14.6. The van der Waals surface area contributed by atoms with Crippen LogP contribution >= 0.6 is 0 Å². The van der Waals surface area contributed by atoms with E-state index in [9.17, 15) is 9.18 Å². The second-order valence-electron chi connectivity index (χ2n) is 7.81. The van der Waals surface area contributed by atoms with Crippen molar-refractivity contribution in [3.8, 4) is 0 Å². The maximum atomic E-state index is 13.2. The van der Waals surface area contributed by atoms with Crippen LogP contribution in [-0.4, -0.2) is 41.5 Å². The third-order valence-electron chi connectivity index (χ3n) is 5.64. The van der Waals surface area contributed by atoms with Gasteiger partial charge in [0, 0.05) is 30.9 Å². The van der Waals surface area contributed by atoms with Gasteiger partial charge >= 0.3 is 0 Å². The smallest absolute Gasteiger partial charge is 0.270 e. The van der Waals surface area contributed by atoms with Gasteiger partial charge in [-0.3, -0.25) is 4.79 Å². The molecule has 0 saturated carbocycles. The molecule has 2 aromatic heterocycles. The SMILES string of the molecule is C[C@H]1CCCCN1CCCNC(=O)c1cc2occc2c(Nc2ccc(F)cc2)n1. The summed E-state index contributed by atoms with van der Waals surface area (Å²) in [7, 11) is 0. The number of furan rings is 1. The first-order valence-electron chi connectivity index (χ1n) is 10.5. The van der Waals surface area contributed by atoms with Crippen LogP contribution in [0.25, 0.3) is 11.0 Å². The van der Waals surface area contributed by atoms with Crippen LogP contribution in [0.2, 0.25) is 0 Å². The Balaban J connectivity index is 1.40. The Kier molecular flexibility index (Phi) is 6.28. The summed E-state index contributed by atoms with van der Waals surface area (Å²) in [5.74, 6) is -0.0451. The number of rotatable bonds is 7. The quantitative estimate of drug-likeness (QED) is 0.552. The van der Waals surface area contributed by atoms with E-state index in [0.29, 0.717) is 29.7 Å². The number of carbonyl (C=O) groups is 1. The Labute approximate surface area is 175 Å². The molecule has 2 N–H and O–H groups in total. The van der Waals surface area contributed by atoms with Crippen LogP contribution in [0.15, 0.2) is 47.1 Å². The van der Waals surface area contributed by atoms with E-state index in [1.54, 1.807) is 30.5 Å². The fraction of sp³-hybridized carbons (Fsp3) is 0.391. The molecule has 0 spiro atoms. The van der Waals surface area contributed by atoms with Gasteiger partial charge in [-0.05, 0) is 63.1 Å². The Morgan fingerprint density at radius 2 is 2.10 bits per heavy atom. The highest BCUT2D eigenvalue weighted by molar-refractivity contribution is 5.99. The van der Waals surface area contributed by atoms with E-state index >= 15 is 0 Å². The summed E-state index contributed by atoms with van der Waals surface area (Å²) in [5.41, 5.74) is 1.54. The van der Waals surface area contributed by atoms with Gasteiger partial charge in [0.05, 0.1) is 11.6 Å². The zero-order valence-corrected chi connectivity index (χ0v) is 17.2. The molecular weight excluding hydrogens is 383 g/mol. The number of hydrogen-bond donors (Lipinski definition) is 2. The van der Waals surface area contributed by atoms with Crippen LogP contribution in [0.4, 0.5) is 15.9 Å². The third-order valence-corrected chi connectivity index (χ3v) is 5.64. The normalized spacial score (nSPS) is 17.2. The van der Waals surface area contributed by atoms with Gasteiger partial charge < -0.3 is 20.0 Å². The maximum absolute atomic E-state index is 13.2. The van der Waals surface area contributed by atoms with Gasteiger partial charge in [-0.2, -0.15) is 0 Å². The molecule has 30 heavy (non-hydrogen) atoms. The molecule has 3 heterocycles. The van der Waals surface area contributed by atoms with E-state index in [4.69, 9.17) is 4.42 Å². The highest BCUT2D eigenvalue weighted by Gasteiger charge is 2.18. The van der Waals surface area contributed by atoms with Gasteiger partial charge in [0.25, 0.3) is 5.91 Å². The van der Waals surface area contributed by atoms with Crippen LogP contribution in [0.1, 0.15) is 43.1 Å². The molecule has 1 fully saturated rings. The zero-order valence-electron chi connectivity index (χ0n) is 17.2. The van der Waals surface area contributed by atoms with Gasteiger partial charge in [0.1, 0.15) is 22.9 Å². The van der Waals surface area contributed by atoms with Gasteiger partial charge in [0.2, 0.25) is 0 Å². The average molecular weight is 410 g/mol. The summed E-state index contributed by atoms with van der Waals surface area (Å²) < 4.78 is 18.7. The number of likely N-dealkylation sites (tertiary alicyclic amines) is 1. The number of anilines is 2. The van der Waals surface area contributed by atoms with Crippen molar-refractivity contribution in [3.63, 3.8) is 0 Å². The molecular formula is C23H27FN4O2. The first kappa shape index (κ1) is 20.3. The summed E-state index contributed by atoms with van der Waals surface area (Å²) in [6.45, 7) is 5.00. The van der Waals surface area contributed by atoms with Gasteiger partial charge in [0.15, 0.2) is 0 Å². The molecule has 1 atom stereocenters. The minimum Gasteiger partial charge on any atom is -0.464 e. The molecule has 6 nitrogen and oxygen atoms in total. The van der Waals surface area contributed by atoms with Crippen LogP contribution < -0.4 is 10.6 Å². The van der Waals surface area contributed by atoms with E-state index in [-0.39, 0.29) is 17.4 Å². The molecule has 0 radical (unpaired) electrons. The predicted octanol–water partition coefficient (Wildman–Crippen LogP) is 4.70. The van der Waals surface area contributed by atoms with Crippen LogP contribution in [0.3, 0.4) is 0 Å². The lowest BCUT2D eigenvalue weighted by molar-refractivity contribution is 0.0944. The van der Waals surface area contributed by atoms with E-state index in [2.05, 4.69) is 27.4 Å². The molecule has 3 aromatic rings. The number of carbonyl (C=O) groups excluding carboxylic acids is 1. The van der Waals surface area contributed by atoms with Gasteiger partial charge in [-0.25, -0.2) is 9.37 Å². The molecule has 0 bridgehead atoms. The Morgan fingerprint density at radius 1 is 1.27 bits per heavy atom. The summed E-state index contributed by atoms with van der Waals surface area (Å²) in [4.78, 5) is 19.6. The highest BCUT2D eigenvalue weighted by Crippen LogP contribution is 2.26. The molecule has 1 aromatic carbocycles. The number of amides is 1. The number of benzene rings is 1. The fourth-order valence-corrected chi connectivity index (χ4v) is 3.91. The Hall–Kier alpha value is -2.93. The molecule has 1 saturated heterocycles. The minimum atomic E-state index is -0.311. The van der Waals surface area contributed by atoms with Crippen molar-refractivity contribution in [1.82, 2.24) is 15.2 Å². The third kappa shape index (κ3) is 4.79. The number of pyridine rings is 1. The lowest BCUT2D eigenvalue weighted by Crippen LogP contribution is -2.39. The second-order valence-corrected chi connectivity index (χ2v) is 7.81. The zero-order chi connectivity index (χ0) is 20.9. The number of nitrogens with zero attached hydrogens (tertiary/aromatic N) is 2. The van der Waals surface area contributed by atoms with Crippen LogP contribution in [0.5, 0.6) is 0 Å². The molecule has 0 unspecified atom stereocenters. The molecule has 1 aliphatic rings. The number of nitrogens with one attached hydrogen (secondary N) is 2. The number of fused-ring (bicyclic) bond motifs is 1. The fourth-order valence-electron chi connectivity index (χ4n) is 3.91. The van der Waals surface area contributed by atoms with Crippen molar-refractivity contribution in [2.75, 3.05) is 25.0 Å². The van der Waals surface area contributed by atoms with Crippen molar-refractivity contribution in [2.24, 2.45) is 0 Å². The van der Waals surface area contributed by atoms with E-state index in [0.717, 1.165) is 24.9 Å². The van der Waals surface area contributed by atoms with E-state index < -0.39 is 0 Å². The molecule has 1 aliphatic heterocycles. The van der Waals surface area contributed by atoms with Crippen molar-refractivity contribution in [1.29, 1.82) is 0 Å². The van der Waals surface area contributed by atoms with Crippen molar-refractivity contribution >= 4 is 28.4 Å². The van der Waals surface area contributed by atoms with Crippen molar-refractivity contribution < 1.29 is 13.6 Å². The van der Waals surface area contributed by atoms with Crippen LogP contribution in [0, 0.1) is 5.82 Å². The largest absolute Gasteiger partial charge is 0.464 e. The maximum Gasteiger partial charge on any atom is 0.270 e. The van der Waals surface area contributed by atoms with Crippen molar-refractivity contribution in [3.05, 3.63) is 54.2 Å². The van der Waals surface area contributed by atoms with Crippen molar-refractivity contribution in [2.45, 2.75) is 38.6 Å².